The average Bonchev–Trinajstić information content (AvgIpc) is 2.97. The Balaban J connectivity index is 1.64. The molecular weight excluding hydrogens is 385 g/mol. The molecule has 2 aromatic carbocycles. The smallest absolute Gasteiger partial charge is 0.237 e. The molecule has 0 spiro atoms. The van der Waals surface area contributed by atoms with Crippen molar-refractivity contribution in [2.24, 2.45) is 0 Å². The van der Waals surface area contributed by atoms with E-state index >= 15 is 0 Å². The molecule has 0 fully saturated rings. The van der Waals surface area contributed by atoms with Crippen LogP contribution in [0.3, 0.4) is 0 Å². The van der Waals surface area contributed by atoms with Gasteiger partial charge in [0.1, 0.15) is 5.82 Å². The lowest BCUT2D eigenvalue weighted by atomic mass is 10.1. The summed E-state index contributed by atoms with van der Waals surface area (Å²) in [5.41, 5.74) is 3.20. The van der Waals surface area contributed by atoms with E-state index < -0.39 is 11.1 Å². The van der Waals surface area contributed by atoms with Gasteiger partial charge >= 0.3 is 0 Å². The molecule has 0 aliphatic heterocycles. The van der Waals surface area contributed by atoms with Gasteiger partial charge in [0.15, 0.2) is 5.16 Å². The van der Waals surface area contributed by atoms with Crippen molar-refractivity contribution in [3.8, 4) is 0 Å². The van der Waals surface area contributed by atoms with E-state index in [1.54, 1.807) is 6.92 Å². The molecule has 0 aliphatic carbocycles. The molecule has 1 atom stereocenters. The summed E-state index contributed by atoms with van der Waals surface area (Å²) in [6, 6.07) is 14.2. The van der Waals surface area contributed by atoms with Crippen molar-refractivity contribution in [3.63, 3.8) is 0 Å². The summed E-state index contributed by atoms with van der Waals surface area (Å²) < 4.78 is 13.8. The summed E-state index contributed by atoms with van der Waals surface area (Å²) in [5, 5.41) is 3.08. The molecule has 2 N–H and O–H groups in total. The number of nitrogens with one attached hydrogen (secondary N) is 2. The molecular formula is C20H19ClFN3OS. The van der Waals surface area contributed by atoms with Crippen LogP contribution in [0, 0.1) is 12.7 Å². The van der Waals surface area contributed by atoms with Crippen molar-refractivity contribution in [1.82, 2.24) is 9.97 Å². The molecule has 27 heavy (non-hydrogen) atoms. The first-order chi connectivity index (χ1) is 12.9. The number of amides is 1. The van der Waals surface area contributed by atoms with Crippen LogP contribution < -0.4 is 5.32 Å². The number of benzene rings is 2. The summed E-state index contributed by atoms with van der Waals surface area (Å²) >= 11 is 7.03. The first-order valence-corrected chi connectivity index (χ1v) is 9.70. The van der Waals surface area contributed by atoms with Gasteiger partial charge in [-0.05, 0) is 37.6 Å². The largest absolute Gasteiger partial charge is 0.337 e. The summed E-state index contributed by atoms with van der Waals surface area (Å²) in [6.07, 6.45) is 0.723. The molecule has 4 nitrogen and oxygen atoms in total. The number of hydrogen-bond acceptors (Lipinski definition) is 3. The van der Waals surface area contributed by atoms with Crippen LogP contribution in [0.5, 0.6) is 0 Å². The second-order valence-corrected chi connectivity index (χ2v) is 7.92. The minimum atomic E-state index is -0.563. The molecule has 0 saturated heterocycles. The van der Waals surface area contributed by atoms with E-state index in [1.807, 2.05) is 25.1 Å². The number of anilines is 1. The van der Waals surface area contributed by atoms with Crippen molar-refractivity contribution in [2.45, 2.75) is 30.7 Å². The molecule has 1 heterocycles. The number of H-pyrrole nitrogens is 1. The highest BCUT2D eigenvalue weighted by molar-refractivity contribution is 8.00. The van der Waals surface area contributed by atoms with E-state index in [2.05, 4.69) is 27.4 Å². The fourth-order valence-electron chi connectivity index (χ4n) is 2.53. The van der Waals surface area contributed by atoms with Gasteiger partial charge in [0, 0.05) is 17.1 Å². The number of thioether (sulfide) groups is 1. The van der Waals surface area contributed by atoms with Gasteiger partial charge in [-0.25, -0.2) is 9.37 Å². The first-order valence-electron chi connectivity index (χ1n) is 8.44. The van der Waals surface area contributed by atoms with Crippen molar-refractivity contribution in [3.05, 3.63) is 76.3 Å². The Kier molecular flexibility index (Phi) is 6.19. The summed E-state index contributed by atoms with van der Waals surface area (Å²) in [4.78, 5) is 20.2. The highest BCUT2D eigenvalue weighted by atomic mass is 35.5. The lowest BCUT2D eigenvalue weighted by Gasteiger charge is -2.11. The highest BCUT2D eigenvalue weighted by Crippen LogP contribution is 2.25. The predicted octanol–water partition coefficient (Wildman–Crippen LogP) is 5.22. The normalized spacial score (nSPS) is 12.0. The molecule has 0 bridgehead atoms. The maximum atomic E-state index is 13.8. The average molecular weight is 404 g/mol. The van der Waals surface area contributed by atoms with Crippen molar-refractivity contribution >= 4 is 35.0 Å². The fraction of sp³-hybridized carbons (Fsp3) is 0.200. The van der Waals surface area contributed by atoms with Crippen molar-refractivity contribution < 1.29 is 9.18 Å². The maximum absolute atomic E-state index is 13.8. The number of aromatic amines is 1. The lowest BCUT2D eigenvalue weighted by Crippen LogP contribution is -2.23. The van der Waals surface area contributed by atoms with Gasteiger partial charge in [-0.15, -0.1) is 0 Å². The van der Waals surface area contributed by atoms with Gasteiger partial charge in [-0.1, -0.05) is 53.7 Å². The Bertz CT molecular complexity index is 946. The standard InChI is InChI=1S/C20H19ClFN3OS/c1-12-18(10-14-6-4-3-5-7-14)25-20(23-12)27-13(2)19(26)24-17-9-8-15(21)11-16(17)22/h3-9,11,13H,10H2,1-2H3,(H,23,25)(H,24,26). The quantitative estimate of drug-likeness (QED) is 0.554. The minimum absolute atomic E-state index is 0.109. The topological polar surface area (TPSA) is 57.8 Å². The van der Waals surface area contributed by atoms with Crippen LogP contribution in [-0.2, 0) is 11.2 Å². The minimum Gasteiger partial charge on any atom is -0.337 e. The summed E-state index contributed by atoms with van der Waals surface area (Å²) in [6.45, 7) is 3.71. The molecule has 7 heteroatoms. The third kappa shape index (κ3) is 5.11. The molecule has 140 valence electrons. The van der Waals surface area contributed by atoms with Crippen LogP contribution >= 0.6 is 23.4 Å². The van der Waals surface area contributed by atoms with E-state index in [9.17, 15) is 9.18 Å². The van der Waals surface area contributed by atoms with Crippen LogP contribution in [0.1, 0.15) is 23.9 Å². The van der Waals surface area contributed by atoms with Crippen LogP contribution in [-0.4, -0.2) is 21.1 Å². The number of aromatic nitrogens is 2. The SMILES string of the molecule is Cc1[nH]c(SC(C)C(=O)Nc2ccc(Cl)cc2F)nc1Cc1ccccc1. The van der Waals surface area contributed by atoms with Gasteiger partial charge in [0.2, 0.25) is 5.91 Å². The Labute approximate surface area is 166 Å². The lowest BCUT2D eigenvalue weighted by molar-refractivity contribution is -0.115. The van der Waals surface area contributed by atoms with Gasteiger partial charge in [0.25, 0.3) is 0 Å². The number of hydrogen-bond donors (Lipinski definition) is 2. The van der Waals surface area contributed by atoms with Crippen LogP contribution in [0.25, 0.3) is 0 Å². The van der Waals surface area contributed by atoms with Crippen molar-refractivity contribution in [1.29, 1.82) is 0 Å². The molecule has 0 aliphatic rings. The van der Waals surface area contributed by atoms with Crippen LogP contribution in [0.2, 0.25) is 5.02 Å². The molecule has 1 aromatic heterocycles. The molecule has 1 unspecified atom stereocenters. The zero-order valence-electron chi connectivity index (χ0n) is 14.9. The molecule has 3 aromatic rings. The van der Waals surface area contributed by atoms with E-state index in [0.717, 1.165) is 17.8 Å². The molecule has 1 amide bonds. The van der Waals surface area contributed by atoms with Crippen LogP contribution in [0.4, 0.5) is 10.1 Å². The molecule has 3 rings (SSSR count). The van der Waals surface area contributed by atoms with E-state index in [-0.39, 0.29) is 16.6 Å². The zero-order chi connectivity index (χ0) is 19.4. The summed E-state index contributed by atoms with van der Waals surface area (Å²) in [7, 11) is 0. The third-order valence-corrected chi connectivity index (χ3v) is 5.24. The number of carbonyl (C=O) groups is 1. The van der Waals surface area contributed by atoms with Gasteiger partial charge in [-0.3, -0.25) is 4.79 Å². The summed E-state index contributed by atoms with van der Waals surface area (Å²) in [5.74, 6) is -0.869. The number of nitrogens with zero attached hydrogens (tertiary/aromatic N) is 1. The van der Waals surface area contributed by atoms with Gasteiger partial charge in [0.05, 0.1) is 16.6 Å². The fourth-order valence-corrected chi connectivity index (χ4v) is 3.56. The van der Waals surface area contributed by atoms with E-state index in [1.165, 1.54) is 35.5 Å². The zero-order valence-corrected chi connectivity index (χ0v) is 16.5. The Morgan fingerprint density at radius 3 is 2.74 bits per heavy atom. The predicted molar refractivity (Wildman–Crippen MR) is 108 cm³/mol. The second kappa shape index (κ2) is 8.59. The first kappa shape index (κ1) is 19.5. The number of carbonyl (C=O) groups excluding carboxylic acids is 1. The Hall–Kier alpha value is -2.31. The van der Waals surface area contributed by atoms with E-state index in [4.69, 9.17) is 11.6 Å². The third-order valence-electron chi connectivity index (χ3n) is 4.02. The van der Waals surface area contributed by atoms with Crippen molar-refractivity contribution in [2.75, 3.05) is 5.32 Å². The Morgan fingerprint density at radius 2 is 2.04 bits per heavy atom. The van der Waals surface area contributed by atoms with E-state index in [0.29, 0.717) is 5.16 Å². The Morgan fingerprint density at radius 1 is 1.30 bits per heavy atom. The van der Waals surface area contributed by atoms with Gasteiger partial charge < -0.3 is 10.3 Å². The second-order valence-electron chi connectivity index (χ2n) is 6.15. The number of halogens is 2. The van der Waals surface area contributed by atoms with Gasteiger partial charge in [-0.2, -0.15) is 0 Å². The maximum Gasteiger partial charge on any atom is 0.237 e. The number of rotatable bonds is 6. The monoisotopic (exact) mass is 403 g/mol. The highest BCUT2D eigenvalue weighted by Gasteiger charge is 2.19. The number of aryl methyl sites for hydroxylation is 1. The molecule has 0 saturated carbocycles. The van der Waals surface area contributed by atoms with Crippen LogP contribution in [0.15, 0.2) is 53.7 Å². The molecule has 0 radical (unpaired) electrons. The number of imidazole rings is 1.